The van der Waals surface area contributed by atoms with E-state index in [0.29, 0.717) is 11.0 Å². The van der Waals surface area contributed by atoms with Gasteiger partial charge in [0.15, 0.2) is 9.84 Å². The Hall–Kier alpha value is -2.84. The lowest BCUT2D eigenvalue weighted by molar-refractivity contribution is -0.137. The molecule has 0 aliphatic rings. The summed E-state index contributed by atoms with van der Waals surface area (Å²) in [5, 5.41) is 9.54. The van der Waals surface area contributed by atoms with E-state index in [1.54, 1.807) is 24.3 Å². The fourth-order valence-electron chi connectivity index (χ4n) is 2.06. The minimum atomic E-state index is -4.11. The first kappa shape index (κ1) is 16.5. The summed E-state index contributed by atoms with van der Waals surface area (Å²) < 4.78 is 27.0. The smallest absolute Gasteiger partial charge is 0.389 e. The number of guanidine groups is 1. The molecule has 1 heterocycles. The number of rotatable bonds is 3. The first-order valence-electron chi connectivity index (χ1n) is 6.41. The number of nitrogens with two attached hydrogens (primary N) is 2. The highest BCUT2D eigenvalue weighted by Crippen LogP contribution is 2.22. The molecule has 2 rings (SSSR count). The van der Waals surface area contributed by atoms with Crippen molar-refractivity contribution in [2.45, 2.75) is 11.7 Å². The summed E-state index contributed by atoms with van der Waals surface area (Å²) in [7, 11) is -4.11. The quantitative estimate of drug-likeness (QED) is 0.350. The van der Waals surface area contributed by atoms with Crippen molar-refractivity contribution in [3.05, 3.63) is 30.6 Å². The summed E-state index contributed by atoms with van der Waals surface area (Å²) in [4.78, 5) is 15.8. The number of hydrogen-bond acceptors (Lipinski definition) is 4. The van der Waals surface area contributed by atoms with Gasteiger partial charge in [0.25, 0.3) is 4.75 Å². The molecule has 1 atom stereocenters. The van der Waals surface area contributed by atoms with E-state index < -0.39 is 26.5 Å². The number of sulfone groups is 1. The molecule has 0 spiro atoms. The number of benzene rings is 1. The summed E-state index contributed by atoms with van der Waals surface area (Å²) in [6.07, 6.45) is 2.08. The second-order valence-corrected chi connectivity index (χ2v) is 7.43. The molecule has 0 fully saturated rings. The van der Waals surface area contributed by atoms with Crippen LogP contribution in [-0.4, -0.2) is 51.8 Å². The average molecular weight is 338 g/mol. The molecular formula is C13H16N5O4S+. The van der Waals surface area contributed by atoms with Crippen LogP contribution in [0.1, 0.15) is 6.92 Å². The summed E-state index contributed by atoms with van der Waals surface area (Å²) >= 11 is 0. The van der Waals surface area contributed by atoms with Crippen LogP contribution in [0.25, 0.3) is 11.0 Å². The van der Waals surface area contributed by atoms with Crippen molar-refractivity contribution in [3.63, 3.8) is 0 Å². The normalized spacial score (nSPS) is 14.0. The molecule has 0 saturated carbocycles. The van der Waals surface area contributed by atoms with E-state index in [4.69, 9.17) is 11.5 Å². The van der Waals surface area contributed by atoms with Crippen LogP contribution < -0.4 is 16.1 Å². The van der Waals surface area contributed by atoms with Crippen molar-refractivity contribution in [1.82, 2.24) is 14.2 Å². The van der Waals surface area contributed by atoms with Crippen LogP contribution in [0.4, 0.5) is 0 Å². The number of carbonyl (C=O) groups is 1. The van der Waals surface area contributed by atoms with E-state index in [1.165, 1.54) is 10.9 Å². The molecule has 10 heteroatoms. The molecular weight excluding hydrogens is 322 g/mol. The fraction of sp³-hybridized carbons (Fsp3) is 0.231. The predicted octanol–water partition coefficient (Wildman–Crippen LogP) is -1.49. The zero-order chi connectivity index (χ0) is 17.4. The number of hydrogen-bond donors (Lipinski definition) is 3. The van der Waals surface area contributed by atoms with Crippen molar-refractivity contribution < 1.29 is 18.3 Å². The summed E-state index contributed by atoms with van der Waals surface area (Å²) in [6, 6.07) is 6.78. The van der Waals surface area contributed by atoms with Crippen LogP contribution in [-0.2, 0) is 14.6 Å². The van der Waals surface area contributed by atoms with Gasteiger partial charge < -0.3 is 5.11 Å². The van der Waals surface area contributed by atoms with Gasteiger partial charge in [-0.2, -0.15) is 0 Å². The Bertz CT molecular complexity index is 952. The van der Waals surface area contributed by atoms with E-state index in [9.17, 15) is 18.3 Å². The first-order valence-corrected chi connectivity index (χ1v) is 8.30. The fourth-order valence-corrected chi connectivity index (χ4v) is 2.85. The van der Waals surface area contributed by atoms with Gasteiger partial charge in [-0.05, 0) is 19.1 Å². The van der Waals surface area contributed by atoms with Gasteiger partial charge in [0.2, 0.25) is 0 Å². The number of aliphatic carboxylic acids is 1. The minimum absolute atomic E-state index is 0.360. The summed E-state index contributed by atoms with van der Waals surface area (Å²) in [6.45, 7) is 1.03. The highest BCUT2D eigenvalue weighted by Gasteiger charge is 2.54. The van der Waals surface area contributed by atoms with Crippen LogP contribution in [0.5, 0.6) is 0 Å². The Morgan fingerprint density at radius 2 is 1.96 bits per heavy atom. The molecule has 1 aromatic heterocycles. The molecule has 2 aromatic rings. The van der Waals surface area contributed by atoms with Gasteiger partial charge in [-0.1, -0.05) is 12.1 Å². The van der Waals surface area contributed by atoms with E-state index in [1.807, 2.05) is 0 Å². The molecule has 0 bridgehead atoms. The summed E-state index contributed by atoms with van der Waals surface area (Å²) in [5.41, 5.74) is 11.8. The van der Waals surface area contributed by atoms with Crippen LogP contribution in [0.3, 0.4) is 0 Å². The van der Waals surface area contributed by atoms with E-state index in [-0.39, 0.29) is 5.84 Å². The largest absolute Gasteiger partial charge is 0.480 e. The highest BCUT2D eigenvalue weighted by atomic mass is 32.2. The van der Waals surface area contributed by atoms with Crippen LogP contribution in [0.2, 0.25) is 0 Å². The van der Waals surface area contributed by atoms with Crippen molar-refractivity contribution in [3.8, 4) is 0 Å². The Morgan fingerprint density at radius 1 is 1.35 bits per heavy atom. The number of carboxylic acids is 1. The molecule has 23 heavy (non-hydrogen) atoms. The standard InChI is InChI=1S/C13H15N5O4S/c1-13(11(19)20,23(2,21)22)10(17-12(14)15)18-7-16-8-5-3-4-6-9(8)18/h3-7H,1-2H3,(H4,14,15,19,20)/p+1. The lowest BCUT2D eigenvalue weighted by Gasteiger charge is -2.20. The summed E-state index contributed by atoms with van der Waals surface area (Å²) in [5.74, 6) is -2.42. The molecule has 0 radical (unpaired) electrons. The zero-order valence-corrected chi connectivity index (χ0v) is 13.3. The Morgan fingerprint density at radius 3 is 2.48 bits per heavy atom. The van der Waals surface area contributed by atoms with Gasteiger partial charge in [0.05, 0.1) is 0 Å². The van der Waals surface area contributed by atoms with Crippen LogP contribution in [0.15, 0.2) is 30.6 Å². The van der Waals surface area contributed by atoms with Gasteiger partial charge >= 0.3 is 17.8 Å². The van der Waals surface area contributed by atoms with Crippen molar-refractivity contribution >= 4 is 38.6 Å². The predicted molar refractivity (Wildman–Crippen MR) is 86.5 cm³/mol. The maximum Gasteiger partial charge on any atom is 0.389 e. The molecule has 1 unspecified atom stereocenters. The Kier molecular flexibility index (Phi) is 3.89. The van der Waals surface area contributed by atoms with Gasteiger partial charge in [0, 0.05) is 6.26 Å². The van der Waals surface area contributed by atoms with Crippen molar-refractivity contribution in [2.24, 2.45) is 11.5 Å². The molecule has 0 saturated heterocycles. The molecule has 0 aliphatic carbocycles. The van der Waals surface area contributed by atoms with Crippen molar-refractivity contribution in [1.29, 1.82) is 0 Å². The van der Waals surface area contributed by atoms with E-state index >= 15 is 0 Å². The van der Waals surface area contributed by atoms with E-state index in [2.05, 4.69) is 9.65 Å². The Balaban J connectivity index is 2.95. The SMILES string of the molecule is CC(C(=O)O)(C(=[N+]=C(N)N)n1cnc2ccccc21)S(C)(=O)=O. The third kappa shape index (κ3) is 2.65. The number of nitrogens with zero attached hydrogens (tertiary/aromatic N) is 3. The number of aromatic nitrogens is 2. The molecule has 0 amide bonds. The average Bonchev–Trinajstić information content (AvgIpc) is 2.86. The van der Waals surface area contributed by atoms with Crippen LogP contribution >= 0.6 is 0 Å². The number of carboxylic acid groups (broad SMARTS) is 1. The number of imidazole rings is 1. The van der Waals surface area contributed by atoms with Crippen LogP contribution in [0, 0.1) is 0 Å². The van der Waals surface area contributed by atoms with Gasteiger partial charge in [0.1, 0.15) is 17.4 Å². The third-order valence-corrected chi connectivity index (χ3v) is 5.33. The molecule has 0 aliphatic heterocycles. The van der Waals surface area contributed by atoms with Crippen molar-refractivity contribution in [2.75, 3.05) is 6.26 Å². The monoisotopic (exact) mass is 338 g/mol. The minimum Gasteiger partial charge on any atom is -0.480 e. The second kappa shape index (κ2) is 5.41. The zero-order valence-electron chi connectivity index (χ0n) is 12.5. The topological polar surface area (TPSA) is 155 Å². The van der Waals surface area contributed by atoms with Gasteiger partial charge in [-0.15, -0.1) is 0 Å². The maximum absolute atomic E-state index is 12.2. The number of fused-ring (bicyclic) bond motifs is 1. The maximum atomic E-state index is 12.2. The lowest BCUT2D eigenvalue weighted by atomic mass is 10.1. The Labute approximate surface area is 131 Å². The van der Waals surface area contributed by atoms with E-state index in [0.717, 1.165) is 13.2 Å². The molecule has 9 nitrogen and oxygen atoms in total. The van der Waals surface area contributed by atoms with Gasteiger partial charge in [-0.3, -0.25) is 11.5 Å². The first-order chi connectivity index (χ1) is 10.6. The molecule has 1 aromatic carbocycles. The third-order valence-electron chi connectivity index (χ3n) is 3.49. The molecule has 122 valence electrons. The highest BCUT2D eigenvalue weighted by molar-refractivity contribution is 7.93. The number of para-hydroxylation sites is 2. The van der Waals surface area contributed by atoms with Gasteiger partial charge in [-0.25, -0.2) is 27.4 Å². The lowest BCUT2D eigenvalue weighted by Crippen LogP contribution is -2.54. The second-order valence-electron chi connectivity index (χ2n) is 5.07. The molecule has 5 N–H and O–H groups in total.